The van der Waals surface area contributed by atoms with Crippen molar-refractivity contribution in [2.75, 3.05) is 0 Å². The second-order valence-corrected chi connectivity index (χ2v) is 4.93. The molecule has 0 saturated heterocycles. The molecule has 0 aromatic heterocycles. The van der Waals surface area contributed by atoms with Crippen LogP contribution in [0, 0.1) is 0 Å². The van der Waals surface area contributed by atoms with Gasteiger partial charge in [-0.25, -0.2) is 0 Å². The maximum absolute atomic E-state index is 5.82. The Balaban J connectivity index is 0.00000200. The van der Waals surface area contributed by atoms with E-state index in [9.17, 15) is 0 Å². The van der Waals surface area contributed by atoms with E-state index in [0.29, 0.717) is 6.54 Å². The lowest BCUT2D eigenvalue weighted by Gasteiger charge is -2.12. The molecule has 0 heterocycles. The highest BCUT2D eigenvalue weighted by Gasteiger charge is 2.05. The third-order valence-electron chi connectivity index (χ3n) is 3.59. The Morgan fingerprint density at radius 3 is 2.15 bits per heavy atom. The summed E-state index contributed by atoms with van der Waals surface area (Å²) in [7, 11) is 0. The van der Waals surface area contributed by atoms with Crippen LogP contribution in [0.1, 0.15) is 30.5 Å². The smallest absolute Gasteiger partial charge is 0.0184 e. The van der Waals surface area contributed by atoms with Gasteiger partial charge in [0.15, 0.2) is 0 Å². The van der Waals surface area contributed by atoms with Gasteiger partial charge in [-0.1, -0.05) is 60.2 Å². The molecule has 0 aliphatic rings. The summed E-state index contributed by atoms with van der Waals surface area (Å²) >= 11 is 0. The van der Waals surface area contributed by atoms with Gasteiger partial charge >= 0.3 is 0 Å². The van der Waals surface area contributed by atoms with E-state index in [0.717, 1.165) is 6.42 Å². The van der Waals surface area contributed by atoms with Gasteiger partial charge in [0.2, 0.25) is 0 Å². The van der Waals surface area contributed by atoms with Crippen LogP contribution in [-0.2, 0) is 13.0 Å². The number of benzene rings is 2. The number of hydrogen-bond acceptors (Lipinski definition) is 1. The van der Waals surface area contributed by atoms with Crippen molar-refractivity contribution in [2.24, 2.45) is 5.73 Å². The van der Waals surface area contributed by atoms with Crippen LogP contribution in [-0.4, -0.2) is 0 Å². The molecule has 0 spiro atoms. The zero-order chi connectivity index (χ0) is 13.7. The zero-order valence-corrected chi connectivity index (χ0v) is 12.9. The number of hydrogen-bond donors (Lipinski definition) is 1. The predicted octanol–water partition coefficient (Wildman–Crippen LogP) is 4.60. The van der Waals surface area contributed by atoms with Gasteiger partial charge in [-0.3, -0.25) is 0 Å². The van der Waals surface area contributed by atoms with E-state index in [1.165, 1.54) is 27.8 Å². The quantitative estimate of drug-likeness (QED) is 0.873. The lowest BCUT2D eigenvalue weighted by Crippen LogP contribution is -2.01. The molecule has 2 heteroatoms. The number of halogens is 1. The Morgan fingerprint density at radius 2 is 1.50 bits per heavy atom. The molecule has 106 valence electrons. The van der Waals surface area contributed by atoms with Crippen LogP contribution in [0.25, 0.3) is 5.57 Å². The van der Waals surface area contributed by atoms with Gasteiger partial charge in [-0.2, -0.15) is 0 Å². The molecule has 0 saturated carbocycles. The van der Waals surface area contributed by atoms with Gasteiger partial charge in [0.1, 0.15) is 0 Å². The summed E-state index contributed by atoms with van der Waals surface area (Å²) in [5.74, 6) is 0. The lowest BCUT2D eigenvalue weighted by atomic mass is 9.94. The maximum atomic E-state index is 5.82. The fraction of sp³-hybridized carbons (Fsp3) is 0.222. The molecule has 1 nitrogen and oxygen atoms in total. The van der Waals surface area contributed by atoms with Gasteiger partial charge in [-0.15, -0.1) is 12.4 Å². The summed E-state index contributed by atoms with van der Waals surface area (Å²) < 4.78 is 0. The molecule has 2 N–H and O–H groups in total. The molecular weight excluding hydrogens is 266 g/mol. The lowest BCUT2D eigenvalue weighted by molar-refractivity contribution is 1.06. The first-order valence-corrected chi connectivity index (χ1v) is 6.71. The van der Waals surface area contributed by atoms with E-state index in [1.54, 1.807) is 0 Å². The standard InChI is InChI=1S/C18H21N.ClH/c1-14(12-16-8-4-3-5-9-16)15(2)18-11-7-6-10-17(18)13-19;/h3-11H,12-13,19H2,1-2H3;1H/b15-14-;. The topological polar surface area (TPSA) is 26.0 Å². The van der Waals surface area contributed by atoms with Crippen molar-refractivity contribution in [2.45, 2.75) is 26.8 Å². The third kappa shape index (κ3) is 3.96. The second-order valence-electron chi connectivity index (χ2n) is 4.93. The molecule has 0 atom stereocenters. The minimum absolute atomic E-state index is 0. The van der Waals surface area contributed by atoms with Crippen molar-refractivity contribution in [3.05, 3.63) is 76.9 Å². The molecule has 2 aromatic carbocycles. The van der Waals surface area contributed by atoms with Crippen molar-refractivity contribution in [1.82, 2.24) is 0 Å². The summed E-state index contributed by atoms with van der Waals surface area (Å²) in [6, 6.07) is 19.0. The van der Waals surface area contributed by atoms with E-state index in [4.69, 9.17) is 5.73 Å². The van der Waals surface area contributed by atoms with Crippen molar-refractivity contribution in [3.63, 3.8) is 0 Å². The second kappa shape index (κ2) is 7.88. The third-order valence-corrected chi connectivity index (χ3v) is 3.59. The zero-order valence-electron chi connectivity index (χ0n) is 12.1. The van der Waals surface area contributed by atoms with Gasteiger partial charge in [-0.05, 0) is 42.5 Å². The van der Waals surface area contributed by atoms with Crippen LogP contribution in [0.15, 0.2) is 60.2 Å². The monoisotopic (exact) mass is 287 g/mol. The van der Waals surface area contributed by atoms with Crippen LogP contribution in [0.3, 0.4) is 0 Å². The van der Waals surface area contributed by atoms with Crippen LogP contribution in [0.4, 0.5) is 0 Å². The summed E-state index contributed by atoms with van der Waals surface area (Å²) in [6.07, 6.45) is 0.992. The van der Waals surface area contributed by atoms with Crippen LogP contribution < -0.4 is 5.73 Å². The first-order chi connectivity index (χ1) is 9.22. The number of rotatable bonds is 4. The highest BCUT2D eigenvalue weighted by Crippen LogP contribution is 2.23. The van der Waals surface area contributed by atoms with Crippen LogP contribution in [0.2, 0.25) is 0 Å². The molecule has 2 aromatic rings. The number of nitrogens with two attached hydrogens (primary N) is 1. The summed E-state index contributed by atoms with van der Waals surface area (Å²) in [5.41, 5.74) is 12.4. The summed E-state index contributed by atoms with van der Waals surface area (Å²) in [6.45, 7) is 4.98. The maximum Gasteiger partial charge on any atom is 0.0184 e. The highest BCUT2D eigenvalue weighted by atomic mass is 35.5. The average Bonchev–Trinajstić information content (AvgIpc) is 2.47. The molecule has 0 amide bonds. The fourth-order valence-corrected chi connectivity index (χ4v) is 2.33. The molecule has 2 rings (SSSR count). The van der Waals surface area contributed by atoms with E-state index >= 15 is 0 Å². The van der Waals surface area contributed by atoms with Gasteiger partial charge in [0.05, 0.1) is 0 Å². The minimum atomic E-state index is 0. The van der Waals surface area contributed by atoms with Crippen molar-refractivity contribution < 1.29 is 0 Å². The fourth-order valence-electron chi connectivity index (χ4n) is 2.33. The van der Waals surface area contributed by atoms with E-state index < -0.39 is 0 Å². The van der Waals surface area contributed by atoms with Crippen LogP contribution >= 0.6 is 12.4 Å². The molecule has 0 unspecified atom stereocenters. The van der Waals surface area contributed by atoms with Crippen molar-refractivity contribution >= 4 is 18.0 Å². The van der Waals surface area contributed by atoms with Crippen molar-refractivity contribution in [3.8, 4) is 0 Å². The molecule has 0 aliphatic heterocycles. The first-order valence-electron chi connectivity index (χ1n) is 6.71. The summed E-state index contributed by atoms with van der Waals surface area (Å²) in [4.78, 5) is 0. The summed E-state index contributed by atoms with van der Waals surface area (Å²) in [5, 5.41) is 0. The minimum Gasteiger partial charge on any atom is -0.326 e. The molecular formula is C18H22ClN. The molecule has 0 aliphatic carbocycles. The SMILES string of the molecule is C/C(Cc1ccccc1)=C(\C)c1ccccc1CN.Cl. The Bertz CT molecular complexity index is 573. The molecule has 20 heavy (non-hydrogen) atoms. The van der Waals surface area contributed by atoms with Gasteiger partial charge in [0.25, 0.3) is 0 Å². The number of allylic oxidation sites excluding steroid dienone is 2. The predicted molar refractivity (Wildman–Crippen MR) is 90.0 cm³/mol. The molecule has 0 bridgehead atoms. The average molecular weight is 288 g/mol. The van der Waals surface area contributed by atoms with Gasteiger partial charge < -0.3 is 5.73 Å². The molecule has 0 fully saturated rings. The van der Waals surface area contributed by atoms with Gasteiger partial charge in [0, 0.05) is 6.54 Å². The van der Waals surface area contributed by atoms with Crippen molar-refractivity contribution in [1.29, 1.82) is 0 Å². The first kappa shape index (κ1) is 16.5. The van der Waals surface area contributed by atoms with E-state index in [-0.39, 0.29) is 12.4 Å². The highest BCUT2D eigenvalue weighted by molar-refractivity contribution is 5.85. The Labute approximate surface area is 127 Å². The Morgan fingerprint density at radius 1 is 0.900 bits per heavy atom. The molecule has 0 radical (unpaired) electrons. The Hall–Kier alpha value is -1.57. The van der Waals surface area contributed by atoms with E-state index in [2.05, 4.69) is 62.4 Å². The Kier molecular flexibility index (Phi) is 6.50. The largest absolute Gasteiger partial charge is 0.326 e. The van der Waals surface area contributed by atoms with Crippen LogP contribution in [0.5, 0.6) is 0 Å². The normalized spacial score (nSPS) is 11.6. The van der Waals surface area contributed by atoms with E-state index in [1.807, 2.05) is 6.07 Å².